The van der Waals surface area contributed by atoms with Gasteiger partial charge in [-0.05, 0) is 18.7 Å². The van der Waals surface area contributed by atoms with Crippen molar-refractivity contribution in [3.05, 3.63) is 17.7 Å². The SMILES string of the molecule is OC1CC2(CCNC2)Oc2c1ccc1c2OCO1. The average molecular weight is 249 g/mol. The molecule has 1 fully saturated rings. The summed E-state index contributed by atoms with van der Waals surface area (Å²) < 4.78 is 17.0. The lowest BCUT2D eigenvalue weighted by Crippen LogP contribution is -2.43. The van der Waals surface area contributed by atoms with Crippen LogP contribution in [0.15, 0.2) is 12.1 Å². The molecule has 0 radical (unpaired) electrons. The van der Waals surface area contributed by atoms with Crippen molar-refractivity contribution < 1.29 is 19.3 Å². The van der Waals surface area contributed by atoms with E-state index in [-0.39, 0.29) is 12.4 Å². The highest BCUT2D eigenvalue weighted by atomic mass is 16.7. The summed E-state index contributed by atoms with van der Waals surface area (Å²) in [7, 11) is 0. The Balaban J connectivity index is 1.82. The van der Waals surface area contributed by atoms with E-state index in [4.69, 9.17) is 14.2 Å². The van der Waals surface area contributed by atoms with Crippen LogP contribution in [0.1, 0.15) is 24.5 Å². The van der Waals surface area contributed by atoms with Gasteiger partial charge in [-0.3, -0.25) is 0 Å². The first kappa shape index (κ1) is 10.5. The third-order valence-corrected chi connectivity index (χ3v) is 3.97. The van der Waals surface area contributed by atoms with Crippen molar-refractivity contribution in [2.24, 2.45) is 0 Å². The van der Waals surface area contributed by atoms with Crippen molar-refractivity contribution in [3.63, 3.8) is 0 Å². The predicted octanol–water partition coefficient (Wildman–Crippen LogP) is 0.963. The van der Waals surface area contributed by atoms with Crippen LogP contribution < -0.4 is 19.5 Å². The summed E-state index contributed by atoms with van der Waals surface area (Å²) in [6, 6.07) is 3.70. The van der Waals surface area contributed by atoms with E-state index in [1.807, 2.05) is 12.1 Å². The van der Waals surface area contributed by atoms with Crippen LogP contribution in [0, 0.1) is 0 Å². The molecule has 0 aliphatic carbocycles. The molecule has 18 heavy (non-hydrogen) atoms. The van der Waals surface area contributed by atoms with Crippen LogP contribution in [0.5, 0.6) is 17.2 Å². The Bertz CT molecular complexity index is 496. The van der Waals surface area contributed by atoms with Crippen LogP contribution in [0.3, 0.4) is 0 Å². The number of fused-ring (bicyclic) bond motifs is 3. The van der Waals surface area contributed by atoms with Gasteiger partial charge in [0.2, 0.25) is 12.5 Å². The second-order valence-electron chi connectivity index (χ2n) is 5.15. The minimum absolute atomic E-state index is 0.219. The molecule has 1 spiro atoms. The van der Waals surface area contributed by atoms with Gasteiger partial charge < -0.3 is 24.6 Å². The molecule has 1 aromatic rings. The van der Waals surface area contributed by atoms with Crippen molar-refractivity contribution >= 4 is 0 Å². The predicted molar refractivity (Wildman–Crippen MR) is 63.0 cm³/mol. The molecule has 0 aromatic heterocycles. The molecule has 3 aliphatic heterocycles. The zero-order chi connectivity index (χ0) is 12.2. The average Bonchev–Trinajstić information content (AvgIpc) is 2.98. The fraction of sp³-hybridized carbons (Fsp3) is 0.538. The fourth-order valence-corrected chi connectivity index (χ4v) is 3.03. The minimum atomic E-state index is -0.497. The molecule has 0 saturated carbocycles. The Labute approximate surface area is 105 Å². The van der Waals surface area contributed by atoms with E-state index >= 15 is 0 Å². The molecule has 2 N–H and O–H groups in total. The summed E-state index contributed by atoms with van der Waals surface area (Å²) in [5.74, 6) is 1.99. The van der Waals surface area contributed by atoms with E-state index < -0.39 is 6.10 Å². The van der Waals surface area contributed by atoms with Crippen molar-refractivity contribution in [3.8, 4) is 17.2 Å². The van der Waals surface area contributed by atoms with E-state index in [2.05, 4.69) is 5.32 Å². The van der Waals surface area contributed by atoms with Gasteiger partial charge in [0, 0.05) is 24.9 Å². The molecule has 0 amide bonds. The molecule has 4 rings (SSSR count). The Hall–Kier alpha value is -1.46. The van der Waals surface area contributed by atoms with E-state index in [1.165, 1.54) is 0 Å². The number of hydrogen-bond acceptors (Lipinski definition) is 5. The van der Waals surface area contributed by atoms with E-state index in [9.17, 15) is 5.11 Å². The molecule has 1 saturated heterocycles. The molecular weight excluding hydrogens is 234 g/mol. The molecule has 2 unspecified atom stereocenters. The number of ether oxygens (including phenoxy) is 3. The van der Waals surface area contributed by atoms with Crippen molar-refractivity contribution in [2.45, 2.75) is 24.5 Å². The van der Waals surface area contributed by atoms with Gasteiger partial charge in [-0.2, -0.15) is 0 Å². The quantitative estimate of drug-likeness (QED) is 0.717. The van der Waals surface area contributed by atoms with E-state index in [0.29, 0.717) is 23.7 Å². The Morgan fingerprint density at radius 2 is 2.22 bits per heavy atom. The zero-order valence-electron chi connectivity index (χ0n) is 9.94. The molecular formula is C13H15NO4. The summed E-state index contributed by atoms with van der Waals surface area (Å²) in [5, 5.41) is 13.6. The maximum Gasteiger partial charge on any atom is 0.231 e. The van der Waals surface area contributed by atoms with Crippen molar-refractivity contribution in [1.29, 1.82) is 0 Å². The first-order chi connectivity index (χ1) is 8.77. The topological polar surface area (TPSA) is 60.0 Å². The molecule has 2 atom stereocenters. The lowest BCUT2D eigenvalue weighted by Gasteiger charge is -2.37. The molecule has 3 aliphatic rings. The fourth-order valence-electron chi connectivity index (χ4n) is 3.03. The van der Waals surface area contributed by atoms with Crippen LogP contribution in [0.25, 0.3) is 0 Å². The second kappa shape index (κ2) is 3.52. The van der Waals surface area contributed by atoms with Crippen molar-refractivity contribution in [2.75, 3.05) is 19.9 Å². The standard InChI is InChI=1S/C13H15NO4/c15-9-5-13(3-4-14-6-13)18-11-8(9)1-2-10-12(11)17-7-16-10/h1-2,9,14-15H,3-7H2. The molecule has 3 heterocycles. The third kappa shape index (κ3) is 1.34. The van der Waals surface area contributed by atoms with Gasteiger partial charge in [-0.25, -0.2) is 0 Å². The van der Waals surface area contributed by atoms with E-state index in [1.54, 1.807) is 0 Å². The largest absolute Gasteiger partial charge is 0.481 e. The Morgan fingerprint density at radius 1 is 1.28 bits per heavy atom. The third-order valence-electron chi connectivity index (χ3n) is 3.97. The lowest BCUT2D eigenvalue weighted by molar-refractivity contribution is -0.00264. The number of hydrogen-bond donors (Lipinski definition) is 2. The van der Waals surface area contributed by atoms with Gasteiger partial charge in [0.15, 0.2) is 11.5 Å². The maximum absolute atomic E-state index is 10.3. The highest BCUT2D eigenvalue weighted by Crippen LogP contribution is 2.51. The first-order valence-corrected chi connectivity index (χ1v) is 6.28. The normalized spacial score (nSPS) is 32.4. The van der Waals surface area contributed by atoms with Gasteiger partial charge in [0.25, 0.3) is 0 Å². The highest BCUT2D eigenvalue weighted by Gasteiger charge is 2.44. The molecule has 96 valence electrons. The number of nitrogens with one attached hydrogen (secondary N) is 1. The molecule has 5 nitrogen and oxygen atoms in total. The smallest absolute Gasteiger partial charge is 0.231 e. The van der Waals surface area contributed by atoms with Crippen LogP contribution in [-0.2, 0) is 0 Å². The van der Waals surface area contributed by atoms with Gasteiger partial charge in [0.1, 0.15) is 5.60 Å². The van der Waals surface area contributed by atoms with Crippen LogP contribution in [0.4, 0.5) is 0 Å². The molecule has 1 aromatic carbocycles. The van der Waals surface area contributed by atoms with E-state index in [0.717, 1.165) is 25.1 Å². The number of aliphatic hydroxyl groups is 1. The second-order valence-corrected chi connectivity index (χ2v) is 5.15. The summed E-state index contributed by atoms with van der Waals surface area (Å²) in [4.78, 5) is 0. The minimum Gasteiger partial charge on any atom is -0.481 e. The summed E-state index contributed by atoms with van der Waals surface area (Å²) in [6.07, 6.45) is 1.05. The van der Waals surface area contributed by atoms with Crippen LogP contribution in [-0.4, -0.2) is 30.6 Å². The summed E-state index contributed by atoms with van der Waals surface area (Å²) in [6.45, 7) is 1.92. The monoisotopic (exact) mass is 249 g/mol. The highest BCUT2D eigenvalue weighted by molar-refractivity contribution is 5.58. The first-order valence-electron chi connectivity index (χ1n) is 6.28. The van der Waals surface area contributed by atoms with Crippen LogP contribution in [0.2, 0.25) is 0 Å². The lowest BCUT2D eigenvalue weighted by atomic mass is 9.88. The van der Waals surface area contributed by atoms with Gasteiger partial charge in [0.05, 0.1) is 6.10 Å². The number of rotatable bonds is 0. The number of aliphatic hydroxyl groups excluding tert-OH is 1. The molecule has 5 heteroatoms. The number of benzene rings is 1. The Morgan fingerprint density at radius 3 is 3.06 bits per heavy atom. The van der Waals surface area contributed by atoms with Gasteiger partial charge in [-0.15, -0.1) is 0 Å². The Kier molecular flexibility index (Phi) is 2.05. The molecule has 0 bridgehead atoms. The van der Waals surface area contributed by atoms with Crippen LogP contribution >= 0.6 is 0 Å². The van der Waals surface area contributed by atoms with Gasteiger partial charge in [-0.1, -0.05) is 0 Å². The van der Waals surface area contributed by atoms with Crippen molar-refractivity contribution in [1.82, 2.24) is 5.32 Å². The summed E-state index contributed by atoms with van der Waals surface area (Å²) in [5.41, 5.74) is 0.504. The maximum atomic E-state index is 10.3. The zero-order valence-corrected chi connectivity index (χ0v) is 9.94. The summed E-state index contributed by atoms with van der Waals surface area (Å²) >= 11 is 0. The van der Waals surface area contributed by atoms with Gasteiger partial charge >= 0.3 is 0 Å².